The average molecular weight is 1070 g/mol. The molecule has 77 heavy (non-hydrogen) atoms. The maximum Gasteiger partial charge on any atom is 0.327 e. The molecule has 7 amide bonds. The Morgan fingerprint density at radius 3 is 2.12 bits per heavy atom. The molecule has 3 aromatic rings. The summed E-state index contributed by atoms with van der Waals surface area (Å²) < 4.78 is 5.83. The molecule has 2 heterocycles. The van der Waals surface area contributed by atoms with Gasteiger partial charge in [-0.15, -0.1) is 0 Å². The summed E-state index contributed by atoms with van der Waals surface area (Å²) in [6.45, 7) is 11.4. The summed E-state index contributed by atoms with van der Waals surface area (Å²) in [5.74, 6) is -12.6. The van der Waals surface area contributed by atoms with Gasteiger partial charge in [0.25, 0.3) is 5.91 Å². The maximum atomic E-state index is 14.5. The van der Waals surface area contributed by atoms with Gasteiger partial charge in [-0.3, -0.25) is 38.6 Å². The highest BCUT2D eigenvalue weighted by Crippen LogP contribution is 2.21. The van der Waals surface area contributed by atoms with E-state index < -0.39 is 120 Å². The summed E-state index contributed by atoms with van der Waals surface area (Å²) in [5.41, 5.74) is 13.7. The van der Waals surface area contributed by atoms with E-state index in [0.717, 1.165) is 10.5 Å². The van der Waals surface area contributed by atoms with Crippen LogP contribution in [0.2, 0.25) is 0 Å². The third kappa shape index (κ3) is 18.2. The first-order valence-corrected chi connectivity index (χ1v) is 25.2. The SMILES string of the molecule is C=C1C(=O)NC(C)C(=O)NC(Cc2c[nH]c3ccccc23)C(=O)NC(C(=O)O)C(C)C(=O)NC(CCCN=C(N)N)C(=O)NC(C=CC(C)=CC(C)C(Cc2ccccc2)OC)C(C)C(=O)NC(C(=O)O)CCC(=O)N1C. The summed E-state index contributed by atoms with van der Waals surface area (Å²) >= 11 is 0. The Morgan fingerprint density at radius 1 is 0.831 bits per heavy atom. The lowest BCUT2D eigenvalue weighted by atomic mass is 9.94. The van der Waals surface area contributed by atoms with Gasteiger partial charge in [-0.25, -0.2) is 9.59 Å². The zero-order chi connectivity index (χ0) is 57.1. The lowest BCUT2D eigenvalue weighted by Crippen LogP contribution is -2.59. The van der Waals surface area contributed by atoms with E-state index in [2.05, 4.69) is 48.5 Å². The summed E-state index contributed by atoms with van der Waals surface area (Å²) in [6.07, 6.45) is 5.97. The molecule has 1 aliphatic rings. The molecule has 0 saturated carbocycles. The molecule has 23 heteroatoms. The van der Waals surface area contributed by atoms with Crippen molar-refractivity contribution in [1.29, 1.82) is 0 Å². The van der Waals surface area contributed by atoms with E-state index >= 15 is 0 Å². The first kappa shape index (κ1) is 61.2. The number of hydrogen-bond acceptors (Lipinski definition) is 11. The smallest absolute Gasteiger partial charge is 0.327 e. The molecule has 1 saturated heterocycles. The van der Waals surface area contributed by atoms with Gasteiger partial charge in [0.05, 0.1) is 24.0 Å². The van der Waals surface area contributed by atoms with Gasteiger partial charge >= 0.3 is 11.9 Å². The van der Waals surface area contributed by atoms with Gasteiger partial charge in [0.1, 0.15) is 35.9 Å². The predicted octanol–water partition coefficient (Wildman–Crippen LogP) is 1.30. The number of methoxy groups -OCH3 is 1. The Bertz CT molecular complexity index is 2720. The number of likely N-dealkylation sites (N-methyl/N-ethyl adjacent to an activating group) is 1. The number of allylic oxidation sites excluding steroid dienone is 2. The number of carboxylic acids is 2. The van der Waals surface area contributed by atoms with Gasteiger partial charge in [-0.2, -0.15) is 0 Å². The number of benzene rings is 2. The number of hydrogen-bond donors (Lipinski definition) is 11. The summed E-state index contributed by atoms with van der Waals surface area (Å²) in [5, 5.41) is 36.6. The third-order valence-corrected chi connectivity index (χ3v) is 13.4. The number of rotatable bonds is 15. The molecule has 2 aromatic carbocycles. The Kier molecular flexibility index (Phi) is 23.1. The fraction of sp³-hybridized carbons (Fsp3) is 0.444. The van der Waals surface area contributed by atoms with Crippen molar-refractivity contribution in [2.45, 2.75) is 115 Å². The number of aromatic nitrogens is 1. The Labute approximate surface area is 447 Å². The highest BCUT2D eigenvalue weighted by atomic mass is 16.5. The molecule has 1 aliphatic heterocycles. The van der Waals surface area contributed by atoms with Crippen molar-refractivity contribution < 1.29 is 58.1 Å². The van der Waals surface area contributed by atoms with Crippen LogP contribution in [0.15, 0.2) is 102 Å². The van der Waals surface area contributed by atoms with Gasteiger partial charge in [0.15, 0.2) is 5.96 Å². The van der Waals surface area contributed by atoms with E-state index in [1.807, 2.05) is 43.3 Å². The number of amides is 7. The van der Waals surface area contributed by atoms with Crippen LogP contribution in [0.3, 0.4) is 0 Å². The first-order valence-electron chi connectivity index (χ1n) is 25.2. The average Bonchev–Trinajstić information content (AvgIpc) is 3.80. The molecule has 0 spiro atoms. The molecule has 0 radical (unpaired) electrons. The molecular formula is C54H73N11O12. The number of aliphatic imine (C=N–C) groups is 1. The van der Waals surface area contributed by atoms with Crippen molar-refractivity contribution in [2.75, 3.05) is 20.7 Å². The van der Waals surface area contributed by atoms with Gasteiger partial charge < -0.3 is 68.2 Å². The number of aliphatic carboxylic acids is 2. The maximum absolute atomic E-state index is 14.5. The van der Waals surface area contributed by atoms with Gasteiger partial charge in [-0.1, -0.05) is 99.7 Å². The van der Waals surface area contributed by atoms with Crippen molar-refractivity contribution in [2.24, 2.45) is 34.2 Å². The van der Waals surface area contributed by atoms with E-state index in [1.165, 1.54) is 33.9 Å². The van der Waals surface area contributed by atoms with Crippen molar-refractivity contribution in [1.82, 2.24) is 41.8 Å². The number of aromatic amines is 1. The number of nitrogens with one attached hydrogen (secondary N) is 7. The zero-order valence-corrected chi connectivity index (χ0v) is 44.5. The van der Waals surface area contributed by atoms with Gasteiger partial charge in [0.2, 0.25) is 35.4 Å². The van der Waals surface area contributed by atoms with Crippen molar-refractivity contribution >= 4 is 70.2 Å². The number of H-pyrrole nitrogens is 1. The monoisotopic (exact) mass is 1070 g/mol. The van der Waals surface area contributed by atoms with E-state index in [4.69, 9.17) is 16.2 Å². The topological polar surface area (TPSA) is 359 Å². The van der Waals surface area contributed by atoms with Crippen LogP contribution in [-0.4, -0.2) is 142 Å². The minimum Gasteiger partial charge on any atom is -0.480 e. The van der Waals surface area contributed by atoms with Crippen LogP contribution in [-0.2, 0) is 60.7 Å². The molecular weight excluding hydrogens is 995 g/mol. The van der Waals surface area contributed by atoms with Crippen LogP contribution >= 0.6 is 0 Å². The van der Waals surface area contributed by atoms with Crippen LogP contribution in [0.5, 0.6) is 0 Å². The Morgan fingerprint density at radius 2 is 1.47 bits per heavy atom. The number of fused-ring (bicyclic) bond motifs is 1. The zero-order valence-electron chi connectivity index (χ0n) is 44.5. The molecule has 0 bridgehead atoms. The van der Waals surface area contributed by atoms with Crippen molar-refractivity contribution in [3.63, 3.8) is 0 Å². The lowest BCUT2D eigenvalue weighted by Gasteiger charge is -2.28. The van der Waals surface area contributed by atoms with Crippen LogP contribution in [0.25, 0.3) is 10.9 Å². The number of nitrogens with two attached hydrogens (primary N) is 2. The molecule has 10 unspecified atom stereocenters. The van der Waals surface area contributed by atoms with Crippen LogP contribution in [0.4, 0.5) is 0 Å². The van der Waals surface area contributed by atoms with E-state index in [9.17, 15) is 53.4 Å². The number of guanidine groups is 1. The third-order valence-electron chi connectivity index (χ3n) is 13.4. The Hall–Kier alpha value is -8.34. The fourth-order valence-corrected chi connectivity index (χ4v) is 8.48. The second-order valence-electron chi connectivity index (χ2n) is 19.2. The van der Waals surface area contributed by atoms with E-state index in [1.54, 1.807) is 50.6 Å². The number of carboxylic acid groups (broad SMARTS) is 2. The largest absolute Gasteiger partial charge is 0.480 e. The number of carbonyl (C=O) groups excluding carboxylic acids is 7. The normalized spacial score (nSPS) is 24.2. The van der Waals surface area contributed by atoms with E-state index in [-0.39, 0.29) is 43.8 Å². The number of ether oxygens (including phenoxy) is 1. The van der Waals surface area contributed by atoms with Crippen LogP contribution in [0, 0.1) is 17.8 Å². The molecule has 1 fully saturated rings. The fourth-order valence-electron chi connectivity index (χ4n) is 8.48. The standard InChI is InChI=1S/C54H73N11O12/c1-29(25-30(2)43(77-8)26-35-15-10-9-11-16-35)20-21-38-31(3)46(67)62-41(52(73)74)22-23-44(66)65(7)34(6)49(70)59-33(5)48(69)63-42(27-36-28-58-39-18-13-12-17-37(36)39)51(72)64-45(53(75)76)32(4)47(68)61-40(50(71)60-38)19-14-24-57-54(55)56/h9-13,15-18,20-21,25,28,30-33,38,40-43,45,58H,6,14,19,22-24,26-27H2,1-5,7-8H3,(H,59,70)(H,60,71)(H,61,68)(H,62,67)(H,63,69)(H,64,72)(H,73,74)(H,75,76)(H4,55,56,57). The first-order chi connectivity index (χ1) is 36.4. The summed E-state index contributed by atoms with van der Waals surface area (Å²) in [6, 6.07) is 7.76. The van der Waals surface area contributed by atoms with Gasteiger partial charge in [-0.05, 0) is 56.7 Å². The van der Waals surface area contributed by atoms with Gasteiger partial charge in [0, 0.05) is 56.6 Å². The summed E-state index contributed by atoms with van der Waals surface area (Å²) in [4.78, 5) is 131. The lowest BCUT2D eigenvalue weighted by molar-refractivity contribution is -0.146. The Balaban J connectivity index is 1.78. The number of nitrogens with zero attached hydrogens (tertiary/aromatic N) is 2. The number of para-hydroxylation sites is 1. The minimum atomic E-state index is -1.94. The highest BCUT2D eigenvalue weighted by molar-refractivity contribution is 6.00. The molecule has 416 valence electrons. The second kappa shape index (κ2) is 29.1. The van der Waals surface area contributed by atoms with Crippen molar-refractivity contribution in [3.8, 4) is 0 Å². The number of carbonyl (C=O) groups is 9. The quantitative estimate of drug-likeness (QED) is 0.0336. The predicted molar refractivity (Wildman–Crippen MR) is 287 cm³/mol. The molecule has 0 aliphatic carbocycles. The minimum absolute atomic E-state index is 0.0111. The molecule has 1 aromatic heterocycles. The summed E-state index contributed by atoms with van der Waals surface area (Å²) in [7, 11) is 2.82. The van der Waals surface area contributed by atoms with Crippen LogP contribution in [0.1, 0.15) is 71.4 Å². The van der Waals surface area contributed by atoms with Crippen LogP contribution < -0.4 is 43.4 Å². The molecule has 23 nitrogen and oxygen atoms in total. The molecule has 10 atom stereocenters. The molecule has 13 N–H and O–H groups in total. The van der Waals surface area contributed by atoms with Crippen molar-refractivity contribution in [3.05, 3.63) is 108 Å². The van der Waals surface area contributed by atoms with E-state index in [0.29, 0.717) is 28.5 Å². The second-order valence-corrected chi connectivity index (χ2v) is 19.2. The highest BCUT2D eigenvalue weighted by Gasteiger charge is 2.37. The molecule has 4 rings (SSSR count).